The fraction of sp³-hybridized carbons (Fsp3) is 0.500. The number of anilines is 1. The third-order valence-electron chi connectivity index (χ3n) is 4.01. The van der Waals surface area contributed by atoms with E-state index in [2.05, 4.69) is 5.32 Å². The van der Waals surface area contributed by atoms with Gasteiger partial charge in [-0.3, -0.25) is 0 Å². The Morgan fingerprint density at radius 2 is 2.00 bits per heavy atom. The molecule has 0 bridgehead atoms. The summed E-state index contributed by atoms with van der Waals surface area (Å²) in [7, 11) is 0. The van der Waals surface area contributed by atoms with Gasteiger partial charge in [-0.15, -0.1) is 0 Å². The first-order valence-corrected chi connectivity index (χ1v) is 7.32. The van der Waals surface area contributed by atoms with Crippen LogP contribution in [-0.4, -0.2) is 34.6 Å². The summed E-state index contributed by atoms with van der Waals surface area (Å²) in [6, 6.07) is 3.45. The molecule has 0 spiro atoms. The van der Waals surface area contributed by atoms with Crippen molar-refractivity contribution in [3.8, 4) is 0 Å². The van der Waals surface area contributed by atoms with E-state index in [4.69, 9.17) is 0 Å². The summed E-state index contributed by atoms with van der Waals surface area (Å²) < 4.78 is 0. The van der Waals surface area contributed by atoms with Gasteiger partial charge < -0.3 is 15.3 Å². The first kappa shape index (κ1) is 15.4. The van der Waals surface area contributed by atoms with Crippen molar-refractivity contribution >= 4 is 17.7 Å². The number of carbonyl (C=O) groups excluding carboxylic acids is 1. The van der Waals surface area contributed by atoms with Crippen molar-refractivity contribution in [1.82, 2.24) is 4.90 Å². The van der Waals surface area contributed by atoms with E-state index in [-0.39, 0.29) is 17.6 Å². The molecule has 0 aliphatic carbocycles. The molecule has 1 atom stereocenters. The van der Waals surface area contributed by atoms with Gasteiger partial charge in [0.15, 0.2) is 0 Å². The van der Waals surface area contributed by atoms with Crippen LogP contribution in [0.3, 0.4) is 0 Å². The molecular weight excluding hydrogens is 268 g/mol. The zero-order valence-electron chi connectivity index (χ0n) is 12.8. The predicted molar refractivity (Wildman–Crippen MR) is 81.9 cm³/mol. The molecule has 0 saturated carbocycles. The highest BCUT2D eigenvalue weighted by Gasteiger charge is 2.25. The number of urea groups is 1. The van der Waals surface area contributed by atoms with Crippen LogP contribution in [0.25, 0.3) is 0 Å². The summed E-state index contributed by atoms with van der Waals surface area (Å²) in [5, 5.41) is 12.1. The highest BCUT2D eigenvalue weighted by atomic mass is 16.4. The van der Waals surface area contributed by atoms with Gasteiger partial charge in [0.2, 0.25) is 0 Å². The second-order valence-corrected chi connectivity index (χ2v) is 5.78. The molecule has 1 aliphatic heterocycles. The molecule has 1 unspecified atom stereocenters. The highest BCUT2D eigenvalue weighted by molar-refractivity contribution is 6.01. The zero-order chi connectivity index (χ0) is 15.6. The number of hydrogen-bond donors (Lipinski definition) is 2. The number of carboxylic acid groups (broad SMARTS) is 1. The fourth-order valence-electron chi connectivity index (χ4n) is 2.88. The number of nitrogens with one attached hydrogen (secondary N) is 1. The highest BCUT2D eigenvalue weighted by Crippen LogP contribution is 2.25. The number of hydrogen-bond acceptors (Lipinski definition) is 2. The van der Waals surface area contributed by atoms with Crippen LogP contribution in [-0.2, 0) is 0 Å². The first-order chi connectivity index (χ1) is 9.90. The molecule has 5 heteroatoms. The summed E-state index contributed by atoms with van der Waals surface area (Å²) in [6.45, 7) is 6.41. The van der Waals surface area contributed by atoms with Gasteiger partial charge in [0.1, 0.15) is 0 Å². The van der Waals surface area contributed by atoms with E-state index < -0.39 is 5.97 Å². The van der Waals surface area contributed by atoms with Crippen LogP contribution in [0.1, 0.15) is 47.7 Å². The fourth-order valence-corrected chi connectivity index (χ4v) is 2.88. The van der Waals surface area contributed by atoms with Crippen molar-refractivity contribution in [1.29, 1.82) is 0 Å². The summed E-state index contributed by atoms with van der Waals surface area (Å²) in [5.74, 6) is -1.02. The third kappa shape index (κ3) is 3.35. The number of amides is 2. The van der Waals surface area contributed by atoms with Crippen LogP contribution in [0, 0.1) is 13.8 Å². The third-order valence-corrected chi connectivity index (χ3v) is 4.01. The number of aryl methyl sites for hydroxylation is 2. The van der Waals surface area contributed by atoms with Crippen molar-refractivity contribution in [3.05, 3.63) is 28.8 Å². The van der Waals surface area contributed by atoms with Crippen LogP contribution in [0.15, 0.2) is 12.1 Å². The van der Waals surface area contributed by atoms with Crippen LogP contribution in [0.4, 0.5) is 10.5 Å². The SMILES string of the molecule is Cc1cc(C)c(NC(=O)N2CCCCC2C)c(C(=O)O)c1. The Bertz CT molecular complexity index is 569. The van der Waals surface area contributed by atoms with E-state index >= 15 is 0 Å². The Labute approximate surface area is 125 Å². The summed E-state index contributed by atoms with van der Waals surface area (Å²) in [5.41, 5.74) is 2.18. The van der Waals surface area contributed by atoms with Crippen molar-refractivity contribution in [2.24, 2.45) is 0 Å². The average molecular weight is 290 g/mol. The Balaban J connectivity index is 2.26. The summed E-state index contributed by atoms with van der Waals surface area (Å²) >= 11 is 0. The van der Waals surface area contributed by atoms with Crippen molar-refractivity contribution < 1.29 is 14.7 Å². The zero-order valence-corrected chi connectivity index (χ0v) is 12.8. The van der Waals surface area contributed by atoms with Crippen molar-refractivity contribution in [2.45, 2.75) is 46.1 Å². The molecule has 2 N–H and O–H groups in total. The number of aromatic carboxylic acids is 1. The molecule has 1 aliphatic rings. The molecule has 2 rings (SSSR count). The van der Waals surface area contributed by atoms with Gasteiger partial charge >= 0.3 is 12.0 Å². The number of likely N-dealkylation sites (tertiary alicyclic amines) is 1. The first-order valence-electron chi connectivity index (χ1n) is 7.32. The van der Waals surface area contributed by atoms with Gasteiger partial charge in [0, 0.05) is 12.6 Å². The Morgan fingerprint density at radius 3 is 2.62 bits per heavy atom. The van der Waals surface area contributed by atoms with Crippen LogP contribution >= 0.6 is 0 Å². The number of benzene rings is 1. The minimum atomic E-state index is -1.02. The topological polar surface area (TPSA) is 69.6 Å². The van der Waals surface area contributed by atoms with Gasteiger partial charge in [-0.2, -0.15) is 0 Å². The normalized spacial score (nSPS) is 18.4. The lowest BCUT2D eigenvalue weighted by molar-refractivity contribution is 0.0698. The number of nitrogens with zero attached hydrogens (tertiary/aromatic N) is 1. The second kappa shape index (κ2) is 6.16. The van der Waals surface area contributed by atoms with Gasteiger partial charge in [0.05, 0.1) is 11.3 Å². The van der Waals surface area contributed by atoms with E-state index in [0.717, 1.165) is 36.9 Å². The summed E-state index contributed by atoms with van der Waals surface area (Å²) in [4.78, 5) is 25.6. The molecule has 21 heavy (non-hydrogen) atoms. The van der Waals surface area contributed by atoms with Crippen LogP contribution in [0.5, 0.6) is 0 Å². The molecule has 1 saturated heterocycles. The molecule has 114 valence electrons. The van der Waals surface area contributed by atoms with Gasteiger partial charge in [-0.1, -0.05) is 6.07 Å². The molecule has 1 aromatic carbocycles. The molecule has 5 nitrogen and oxygen atoms in total. The van der Waals surface area contributed by atoms with E-state index in [9.17, 15) is 14.7 Å². The van der Waals surface area contributed by atoms with E-state index in [1.54, 1.807) is 11.0 Å². The van der Waals surface area contributed by atoms with Crippen LogP contribution < -0.4 is 5.32 Å². The Morgan fingerprint density at radius 1 is 1.29 bits per heavy atom. The lowest BCUT2D eigenvalue weighted by atomic mass is 10.0. The average Bonchev–Trinajstić information content (AvgIpc) is 2.41. The molecule has 1 aromatic rings. The number of piperidine rings is 1. The van der Waals surface area contributed by atoms with Crippen molar-refractivity contribution in [2.75, 3.05) is 11.9 Å². The number of carboxylic acids is 1. The Kier molecular flexibility index (Phi) is 4.50. The smallest absolute Gasteiger partial charge is 0.337 e. The van der Waals surface area contributed by atoms with Gasteiger partial charge in [-0.05, 0) is 57.2 Å². The second-order valence-electron chi connectivity index (χ2n) is 5.78. The minimum Gasteiger partial charge on any atom is -0.478 e. The quantitative estimate of drug-likeness (QED) is 0.877. The van der Waals surface area contributed by atoms with E-state index in [1.807, 2.05) is 26.8 Å². The Hall–Kier alpha value is -2.04. The largest absolute Gasteiger partial charge is 0.478 e. The maximum Gasteiger partial charge on any atom is 0.337 e. The monoisotopic (exact) mass is 290 g/mol. The minimum absolute atomic E-state index is 0.144. The van der Waals surface area contributed by atoms with Crippen molar-refractivity contribution in [3.63, 3.8) is 0 Å². The van der Waals surface area contributed by atoms with E-state index in [1.165, 1.54) is 0 Å². The number of rotatable bonds is 2. The molecule has 0 aromatic heterocycles. The van der Waals surface area contributed by atoms with Crippen LogP contribution in [0.2, 0.25) is 0 Å². The maximum atomic E-state index is 12.4. The molecular formula is C16H22N2O3. The van der Waals surface area contributed by atoms with Gasteiger partial charge in [0.25, 0.3) is 0 Å². The summed E-state index contributed by atoms with van der Waals surface area (Å²) in [6.07, 6.45) is 3.12. The predicted octanol–water partition coefficient (Wildman–Crippen LogP) is 3.41. The maximum absolute atomic E-state index is 12.4. The molecule has 0 radical (unpaired) electrons. The molecule has 2 amide bonds. The number of carbonyl (C=O) groups is 2. The lowest BCUT2D eigenvalue weighted by Crippen LogP contribution is -2.44. The molecule has 1 fully saturated rings. The standard InChI is InChI=1S/C16H22N2O3/c1-10-8-11(2)14(13(9-10)15(19)20)17-16(21)18-7-5-4-6-12(18)3/h8-9,12H,4-7H2,1-3H3,(H,17,21)(H,19,20). The van der Waals surface area contributed by atoms with E-state index in [0.29, 0.717) is 5.69 Å². The van der Waals surface area contributed by atoms with Gasteiger partial charge in [-0.25, -0.2) is 9.59 Å². The molecule has 1 heterocycles. The lowest BCUT2D eigenvalue weighted by Gasteiger charge is -2.33.